The predicted molar refractivity (Wildman–Crippen MR) is 96.4 cm³/mol. The molecule has 0 saturated heterocycles. The fourth-order valence-electron chi connectivity index (χ4n) is 2.40. The van der Waals surface area contributed by atoms with Crippen molar-refractivity contribution in [3.63, 3.8) is 0 Å². The minimum atomic E-state index is -0.587. The highest BCUT2D eigenvalue weighted by molar-refractivity contribution is 5.91. The van der Waals surface area contributed by atoms with Crippen molar-refractivity contribution >= 4 is 11.9 Å². The van der Waals surface area contributed by atoms with E-state index in [4.69, 9.17) is 13.9 Å². The van der Waals surface area contributed by atoms with Crippen LogP contribution in [0.15, 0.2) is 71.1 Å². The molecule has 3 aromatic rings. The second kappa shape index (κ2) is 8.71. The Labute approximate surface area is 156 Å². The second-order valence-corrected chi connectivity index (χ2v) is 5.59. The van der Waals surface area contributed by atoms with Gasteiger partial charge >= 0.3 is 11.9 Å². The van der Waals surface area contributed by atoms with Gasteiger partial charge in [-0.05, 0) is 30.3 Å². The number of ether oxygens (including phenoxy) is 3. The Morgan fingerprint density at radius 3 is 2.37 bits per heavy atom. The lowest BCUT2D eigenvalue weighted by atomic mass is 10.1. The van der Waals surface area contributed by atoms with Crippen LogP contribution in [0.3, 0.4) is 0 Å². The maximum absolute atomic E-state index is 12.4. The van der Waals surface area contributed by atoms with Crippen LogP contribution in [0.25, 0.3) is 0 Å². The van der Waals surface area contributed by atoms with E-state index in [0.29, 0.717) is 22.6 Å². The van der Waals surface area contributed by atoms with Crippen LogP contribution >= 0.6 is 0 Å². The Hall–Kier alpha value is -3.54. The van der Waals surface area contributed by atoms with E-state index in [2.05, 4.69) is 4.74 Å². The van der Waals surface area contributed by atoms with Gasteiger partial charge in [0.1, 0.15) is 24.7 Å². The quantitative estimate of drug-likeness (QED) is 0.588. The first-order chi connectivity index (χ1) is 13.2. The van der Waals surface area contributed by atoms with Crippen LogP contribution in [0.1, 0.15) is 32.2 Å². The first-order valence-electron chi connectivity index (χ1n) is 8.27. The van der Waals surface area contributed by atoms with Crippen LogP contribution in [-0.2, 0) is 22.7 Å². The Bertz CT molecular complexity index is 913. The topological polar surface area (TPSA) is 75.0 Å². The van der Waals surface area contributed by atoms with E-state index < -0.39 is 11.9 Å². The molecule has 6 nitrogen and oxygen atoms in total. The molecule has 1 heterocycles. The maximum atomic E-state index is 12.4. The highest BCUT2D eigenvalue weighted by Gasteiger charge is 2.15. The third kappa shape index (κ3) is 4.76. The van der Waals surface area contributed by atoms with E-state index in [-0.39, 0.29) is 19.0 Å². The Balaban J connectivity index is 1.63. The molecular formula is C21H18O6. The lowest BCUT2D eigenvalue weighted by Gasteiger charge is -2.10. The minimum absolute atomic E-state index is 0.0558. The number of rotatable bonds is 7. The molecule has 0 spiro atoms. The van der Waals surface area contributed by atoms with E-state index in [1.165, 1.54) is 13.2 Å². The zero-order valence-corrected chi connectivity index (χ0v) is 14.7. The van der Waals surface area contributed by atoms with Gasteiger partial charge in [0.15, 0.2) is 0 Å². The van der Waals surface area contributed by atoms with E-state index in [9.17, 15) is 9.59 Å². The molecule has 1 aromatic heterocycles. The first kappa shape index (κ1) is 18.3. The second-order valence-electron chi connectivity index (χ2n) is 5.59. The van der Waals surface area contributed by atoms with Crippen LogP contribution in [0.5, 0.6) is 5.75 Å². The number of methoxy groups -OCH3 is 1. The third-order valence-electron chi connectivity index (χ3n) is 3.77. The molecule has 0 aliphatic heterocycles. The van der Waals surface area contributed by atoms with Gasteiger partial charge in [0.2, 0.25) is 5.76 Å². The van der Waals surface area contributed by atoms with E-state index >= 15 is 0 Å². The summed E-state index contributed by atoms with van der Waals surface area (Å²) in [5, 5.41) is 0. The fourth-order valence-corrected chi connectivity index (χ4v) is 2.40. The van der Waals surface area contributed by atoms with Crippen LogP contribution in [-0.4, -0.2) is 19.0 Å². The molecule has 0 N–H and O–H groups in total. The van der Waals surface area contributed by atoms with Crippen LogP contribution < -0.4 is 4.74 Å². The standard InChI is InChI=1S/C21H18O6/c1-24-21(23)19-12-11-17(27-19)14-26-20(22)18-10-6-5-7-15(18)13-25-16-8-3-2-4-9-16/h2-12H,13-14H2,1H3. The Morgan fingerprint density at radius 1 is 0.852 bits per heavy atom. The van der Waals surface area contributed by atoms with Crippen molar-refractivity contribution in [3.05, 3.63) is 89.4 Å². The van der Waals surface area contributed by atoms with E-state index in [0.717, 1.165) is 0 Å². The van der Waals surface area contributed by atoms with Gasteiger partial charge < -0.3 is 18.6 Å². The molecule has 27 heavy (non-hydrogen) atoms. The molecule has 0 amide bonds. The summed E-state index contributed by atoms with van der Waals surface area (Å²) in [6.07, 6.45) is 0. The summed E-state index contributed by atoms with van der Waals surface area (Å²) in [5.41, 5.74) is 1.12. The Kier molecular flexibility index (Phi) is 5.89. The zero-order chi connectivity index (χ0) is 19.1. The van der Waals surface area contributed by atoms with Crippen molar-refractivity contribution in [2.75, 3.05) is 7.11 Å². The first-order valence-corrected chi connectivity index (χ1v) is 8.27. The molecule has 2 aromatic carbocycles. The smallest absolute Gasteiger partial charge is 0.373 e. The number of furan rings is 1. The van der Waals surface area contributed by atoms with Crippen molar-refractivity contribution in [3.8, 4) is 5.75 Å². The summed E-state index contributed by atoms with van der Waals surface area (Å²) in [7, 11) is 1.26. The summed E-state index contributed by atoms with van der Waals surface area (Å²) < 4.78 is 20.9. The molecule has 138 valence electrons. The predicted octanol–water partition coefficient (Wildman–Crippen LogP) is 4.00. The average Bonchev–Trinajstić information content (AvgIpc) is 3.20. The molecule has 6 heteroatoms. The van der Waals surface area contributed by atoms with Gasteiger partial charge in [0, 0.05) is 5.56 Å². The van der Waals surface area contributed by atoms with Crippen LogP contribution in [0.4, 0.5) is 0 Å². The fraction of sp³-hybridized carbons (Fsp3) is 0.143. The van der Waals surface area contributed by atoms with Crippen LogP contribution in [0.2, 0.25) is 0 Å². The van der Waals surface area contributed by atoms with Gasteiger partial charge in [-0.1, -0.05) is 36.4 Å². The zero-order valence-electron chi connectivity index (χ0n) is 14.7. The molecule has 0 saturated carbocycles. The number of esters is 2. The van der Waals surface area contributed by atoms with Gasteiger partial charge in [-0.25, -0.2) is 9.59 Å². The highest BCUT2D eigenvalue weighted by atomic mass is 16.6. The number of hydrogen-bond acceptors (Lipinski definition) is 6. The largest absolute Gasteiger partial charge is 0.489 e. The van der Waals surface area contributed by atoms with Crippen molar-refractivity contribution in [1.29, 1.82) is 0 Å². The number of hydrogen-bond donors (Lipinski definition) is 0. The average molecular weight is 366 g/mol. The van der Waals surface area contributed by atoms with Gasteiger partial charge in [-0.3, -0.25) is 0 Å². The molecule has 0 atom stereocenters. The van der Waals surface area contributed by atoms with Gasteiger partial charge in [-0.15, -0.1) is 0 Å². The number of para-hydroxylation sites is 1. The summed E-state index contributed by atoms with van der Waals surface area (Å²) in [6, 6.07) is 19.4. The molecule has 0 aliphatic rings. The maximum Gasteiger partial charge on any atom is 0.373 e. The van der Waals surface area contributed by atoms with Crippen molar-refractivity contribution in [2.45, 2.75) is 13.2 Å². The molecule has 0 radical (unpaired) electrons. The van der Waals surface area contributed by atoms with Crippen molar-refractivity contribution < 1.29 is 28.2 Å². The molecule has 3 rings (SSSR count). The van der Waals surface area contributed by atoms with E-state index in [1.54, 1.807) is 18.2 Å². The molecular weight excluding hydrogens is 348 g/mol. The van der Waals surface area contributed by atoms with E-state index in [1.807, 2.05) is 42.5 Å². The highest BCUT2D eigenvalue weighted by Crippen LogP contribution is 2.17. The Morgan fingerprint density at radius 2 is 1.59 bits per heavy atom. The number of carbonyl (C=O) groups excluding carboxylic acids is 2. The summed E-state index contributed by atoms with van der Waals surface area (Å²) >= 11 is 0. The van der Waals surface area contributed by atoms with Gasteiger partial charge in [0.25, 0.3) is 0 Å². The summed E-state index contributed by atoms with van der Waals surface area (Å²) in [5.74, 6) is 0.0304. The number of benzene rings is 2. The lowest BCUT2D eigenvalue weighted by molar-refractivity contribution is 0.0435. The third-order valence-corrected chi connectivity index (χ3v) is 3.77. The molecule has 0 fully saturated rings. The van der Waals surface area contributed by atoms with Crippen LogP contribution in [0, 0.1) is 0 Å². The van der Waals surface area contributed by atoms with Gasteiger partial charge in [-0.2, -0.15) is 0 Å². The summed E-state index contributed by atoms with van der Waals surface area (Å²) in [4.78, 5) is 23.8. The monoisotopic (exact) mass is 366 g/mol. The summed E-state index contributed by atoms with van der Waals surface area (Å²) in [6.45, 7) is 0.145. The normalized spacial score (nSPS) is 10.3. The van der Waals surface area contributed by atoms with Crippen molar-refractivity contribution in [1.82, 2.24) is 0 Å². The molecule has 0 aliphatic carbocycles. The minimum Gasteiger partial charge on any atom is -0.489 e. The van der Waals surface area contributed by atoms with Gasteiger partial charge in [0.05, 0.1) is 12.7 Å². The SMILES string of the molecule is COC(=O)c1ccc(COC(=O)c2ccccc2COc2ccccc2)o1. The lowest BCUT2D eigenvalue weighted by Crippen LogP contribution is -2.10. The molecule has 0 unspecified atom stereocenters. The number of carbonyl (C=O) groups is 2. The van der Waals surface area contributed by atoms with Crippen molar-refractivity contribution in [2.24, 2.45) is 0 Å². The molecule has 0 bridgehead atoms.